The summed E-state index contributed by atoms with van der Waals surface area (Å²) >= 11 is 0. The molecule has 1 aromatic rings. The van der Waals surface area contributed by atoms with Crippen molar-refractivity contribution in [2.75, 3.05) is 20.8 Å². The molecule has 1 aliphatic heterocycles. The number of benzene rings is 1. The maximum Gasteiger partial charge on any atom is 0.324 e. The molecule has 0 N–H and O–H groups in total. The second-order valence-corrected chi connectivity index (χ2v) is 6.81. The lowest BCUT2D eigenvalue weighted by Gasteiger charge is -2.23. The summed E-state index contributed by atoms with van der Waals surface area (Å²) < 4.78 is 36.7. The van der Waals surface area contributed by atoms with Crippen LogP contribution in [0.2, 0.25) is 0 Å². The zero-order valence-corrected chi connectivity index (χ0v) is 13.1. The highest BCUT2D eigenvalue weighted by atomic mass is 32.2. The van der Waals surface area contributed by atoms with E-state index in [0.29, 0.717) is 19.4 Å². The van der Waals surface area contributed by atoms with Gasteiger partial charge < -0.3 is 9.47 Å². The number of esters is 1. The first-order valence-corrected chi connectivity index (χ1v) is 8.10. The maximum atomic E-state index is 12.8. The summed E-state index contributed by atoms with van der Waals surface area (Å²) in [6.07, 6.45) is 1.10. The SMILES string of the molecule is COC(=O)C1CCCN1S(=O)(=O)c1cc(C)ccc1OC. The van der Waals surface area contributed by atoms with Crippen LogP contribution in [0.5, 0.6) is 5.75 Å². The number of carbonyl (C=O) groups excluding carboxylic acids is 1. The van der Waals surface area contributed by atoms with E-state index < -0.39 is 22.0 Å². The Kier molecular flexibility index (Phi) is 4.53. The molecule has 0 spiro atoms. The molecule has 0 saturated carbocycles. The Balaban J connectivity index is 2.47. The molecular weight excluding hydrogens is 294 g/mol. The minimum Gasteiger partial charge on any atom is -0.495 e. The van der Waals surface area contributed by atoms with E-state index in [2.05, 4.69) is 0 Å². The van der Waals surface area contributed by atoms with Crippen LogP contribution in [-0.2, 0) is 19.6 Å². The lowest BCUT2D eigenvalue weighted by Crippen LogP contribution is -2.41. The van der Waals surface area contributed by atoms with Gasteiger partial charge in [0, 0.05) is 6.54 Å². The van der Waals surface area contributed by atoms with E-state index >= 15 is 0 Å². The number of hydrogen-bond acceptors (Lipinski definition) is 5. The smallest absolute Gasteiger partial charge is 0.324 e. The molecule has 1 aliphatic rings. The number of rotatable bonds is 4. The Morgan fingerprint density at radius 1 is 1.33 bits per heavy atom. The third kappa shape index (κ3) is 2.89. The fraction of sp³-hybridized carbons (Fsp3) is 0.500. The second-order valence-electron chi connectivity index (χ2n) is 4.95. The van der Waals surface area contributed by atoms with Gasteiger partial charge in [-0.05, 0) is 37.5 Å². The number of ether oxygens (including phenoxy) is 2. The van der Waals surface area contributed by atoms with Crippen LogP contribution in [0.25, 0.3) is 0 Å². The first-order chi connectivity index (χ1) is 9.91. The summed E-state index contributed by atoms with van der Waals surface area (Å²) in [4.78, 5) is 11.8. The molecule has 0 bridgehead atoms. The highest BCUT2D eigenvalue weighted by Crippen LogP contribution is 2.32. The van der Waals surface area contributed by atoms with Gasteiger partial charge in [0.05, 0.1) is 14.2 Å². The minimum absolute atomic E-state index is 0.0841. The van der Waals surface area contributed by atoms with Gasteiger partial charge in [0.1, 0.15) is 16.7 Å². The monoisotopic (exact) mass is 313 g/mol. The zero-order valence-electron chi connectivity index (χ0n) is 12.3. The van der Waals surface area contributed by atoms with Gasteiger partial charge in [0.15, 0.2) is 0 Å². The van der Waals surface area contributed by atoms with E-state index in [0.717, 1.165) is 5.56 Å². The topological polar surface area (TPSA) is 72.9 Å². The van der Waals surface area contributed by atoms with Crippen molar-refractivity contribution in [1.82, 2.24) is 4.31 Å². The Bertz CT molecular complexity index is 641. The normalized spacial score (nSPS) is 19.5. The average molecular weight is 313 g/mol. The predicted octanol–water partition coefficient (Wildman–Crippen LogP) is 1.33. The minimum atomic E-state index is -3.80. The van der Waals surface area contributed by atoms with Crippen molar-refractivity contribution in [3.63, 3.8) is 0 Å². The van der Waals surface area contributed by atoms with Crippen molar-refractivity contribution in [2.45, 2.75) is 30.7 Å². The molecule has 0 radical (unpaired) electrons. The van der Waals surface area contributed by atoms with E-state index in [-0.39, 0.29) is 10.6 Å². The number of carbonyl (C=O) groups is 1. The van der Waals surface area contributed by atoms with Crippen molar-refractivity contribution < 1.29 is 22.7 Å². The summed E-state index contributed by atoms with van der Waals surface area (Å²) in [5, 5.41) is 0. The largest absolute Gasteiger partial charge is 0.495 e. The van der Waals surface area contributed by atoms with E-state index in [1.165, 1.54) is 18.5 Å². The van der Waals surface area contributed by atoms with Crippen LogP contribution in [0.4, 0.5) is 0 Å². The van der Waals surface area contributed by atoms with Crippen LogP contribution in [0.3, 0.4) is 0 Å². The van der Waals surface area contributed by atoms with Gasteiger partial charge in [0.2, 0.25) is 10.0 Å². The molecule has 1 atom stereocenters. The van der Waals surface area contributed by atoms with Crippen LogP contribution in [0.15, 0.2) is 23.1 Å². The van der Waals surface area contributed by atoms with E-state index in [1.54, 1.807) is 25.1 Å². The Hall–Kier alpha value is -1.60. The molecule has 1 saturated heterocycles. The summed E-state index contributed by atoms with van der Waals surface area (Å²) in [6, 6.07) is 4.19. The Morgan fingerprint density at radius 3 is 2.67 bits per heavy atom. The average Bonchev–Trinajstić information content (AvgIpc) is 2.96. The molecule has 1 aromatic carbocycles. The van der Waals surface area contributed by atoms with Crippen molar-refractivity contribution in [2.24, 2.45) is 0 Å². The molecule has 116 valence electrons. The lowest BCUT2D eigenvalue weighted by atomic mass is 10.2. The number of methoxy groups -OCH3 is 2. The molecule has 21 heavy (non-hydrogen) atoms. The predicted molar refractivity (Wildman–Crippen MR) is 76.7 cm³/mol. The fourth-order valence-electron chi connectivity index (χ4n) is 2.51. The van der Waals surface area contributed by atoms with Crippen LogP contribution >= 0.6 is 0 Å². The molecule has 7 heteroatoms. The maximum absolute atomic E-state index is 12.8. The molecule has 0 aliphatic carbocycles. The summed E-state index contributed by atoms with van der Waals surface area (Å²) in [7, 11) is -1.12. The first kappa shape index (κ1) is 15.8. The molecule has 0 amide bonds. The van der Waals surface area contributed by atoms with Crippen molar-refractivity contribution in [3.05, 3.63) is 23.8 Å². The van der Waals surface area contributed by atoms with Crippen LogP contribution in [0, 0.1) is 6.92 Å². The third-order valence-electron chi connectivity index (χ3n) is 3.58. The van der Waals surface area contributed by atoms with Crippen LogP contribution < -0.4 is 4.74 Å². The van der Waals surface area contributed by atoms with Gasteiger partial charge in [-0.1, -0.05) is 6.07 Å². The van der Waals surface area contributed by atoms with Gasteiger partial charge in [-0.3, -0.25) is 4.79 Å². The summed E-state index contributed by atoms with van der Waals surface area (Å²) in [6.45, 7) is 2.11. The fourth-order valence-corrected chi connectivity index (χ4v) is 4.40. The van der Waals surface area contributed by atoms with E-state index in [4.69, 9.17) is 9.47 Å². The summed E-state index contributed by atoms with van der Waals surface area (Å²) in [5.74, 6) is -0.251. The van der Waals surface area contributed by atoms with Crippen LogP contribution in [0.1, 0.15) is 18.4 Å². The van der Waals surface area contributed by atoms with Gasteiger partial charge >= 0.3 is 5.97 Å². The molecule has 1 unspecified atom stereocenters. The van der Waals surface area contributed by atoms with E-state index in [1.807, 2.05) is 0 Å². The Morgan fingerprint density at radius 2 is 2.05 bits per heavy atom. The second kappa shape index (κ2) is 6.03. The summed E-state index contributed by atoms with van der Waals surface area (Å²) in [5.41, 5.74) is 0.809. The van der Waals surface area contributed by atoms with Crippen molar-refractivity contribution in [3.8, 4) is 5.75 Å². The van der Waals surface area contributed by atoms with Gasteiger partial charge in [-0.15, -0.1) is 0 Å². The quantitative estimate of drug-likeness (QED) is 0.784. The Labute approximate surface area is 124 Å². The molecule has 0 aromatic heterocycles. The van der Waals surface area contributed by atoms with Gasteiger partial charge in [-0.2, -0.15) is 4.31 Å². The van der Waals surface area contributed by atoms with Crippen LogP contribution in [-0.4, -0.2) is 45.5 Å². The van der Waals surface area contributed by atoms with E-state index in [9.17, 15) is 13.2 Å². The molecule has 1 fully saturated rings. The van der Waals surface area contributed by atoms with Gasteiger partial charge in [0.25, 0.3) is 0 Å². The number of hydrogen-bond donors (Lipinski definition) is 0. The first-order valence-electron chi connectivity index (χ1n) is 6.66. The standard InChI is InChI=1S/C14H19NO5S/c1-10-6-7-12(19-2)13(9-10)21(17,18)15-8-4-5-11(15)14(16)20-3/h6-7,9,11H,4-5,8H2,1-3H3. The lowest BCUT2D eigenvalue weighted by molar-refractivity contribution is -0.144. The third-order valence-corrected chi connectivity index (χ3v) is 5.51. The highest BCUT2D eigenvalue weighted by Gasteiger charge is 2.41. The number of sulfonamides is 1. The zero-order chi connectivity index (χ0) is 15.6. The highest BCUT2D eigenvalue weighted by molar-refractivity contribution is 7.89. The molecule has 2 rings (SSSR count). The number of nitrogens with zero attached hydrogens (tertiary/aromatic N) is 1. The number of aryl methyl sites for hydroxylation is 1. The molecule has 6 nitrogen and oxygen atoms in total. The molecule has 1 heterocycles. The van der Waals surface area contributed by atoms with Crippen molar-refractivity contribution in [1.29, 1.82) is 0 Å². The van der Waals surface area contributed by atoms with Crippen molar-refractivity contribution >= 4 is 16.0 Å². The molecular formula is C14H19NO5S. The van der Waals surface area contributed by atoms with Gasteiger partial charge in [-0.25, -0.2) is 8.42 Å².